The van der Waals surface area contributed by atoms with Crippen molar-refractivity contribution in [3.05, 3.63) is 0 Å². The van der Waals surface area contributed by atoms with Gasteiger partial charge in [-0.05, 0) is 31.1 Å². The summed E-state index contributed by atoms with van der Waals surface area (Å²) in [6, 6.07) is -0.285. The SMILES string of the molecule is CCCC1NC(=O)CN(CC2CCCC(C)C2)C1=O. The largest absolute Gasteiger partial charge is 0.343 e. The molecule has 1 aliphatic heterocycles. The van der Waals surface area contributed by atoms with E-state index in [1.165, 1.54) is 25.7 Å². The molecular formula is C15H26N2O2. The van der Waals surface area contributed by atoms with Crippen LogP contribution in [0.1, 0.15) is 52.4 Å². The molecule has 0 spiro atoms. The van der Waals surface area contributed by atoms with Crippen LogP contribution in [-0.4, -0.2) is 35.8 Å². The standard InChI is InChI=1S/C15H26N2O2/c1-3-5-13-15(19)17(10-14(18)16-13)9-12-7-4-6-11(2)8-12/h11-13H,3-10H2,1-2H3,(H,16,18). The molecule has 3 unspecified atom stereocenters. The van der Waals surface area contributed by atoms with Crippen LogP contribution >= 0.6 is 0 Å². The Balaban J connectivity index is 1.94. The Morgan fingerprint density at radius 2 is 2.11 bits per heavy atom. The molecule has 1 heterocycles. The van der Waals surface area contributed by atoms with E-state index in [1.54, 1.807) is 4.90 Å². The van der Waals surface area contributed by atoms with Crippen LogP contribution in [0, 0.1) is 11.8 Å². The van der Waals surface area contributed by atoms with Gasteiger partial charge in [0.2, 0.25) is 11.8 Å². The van der Waals surface area contributed by atoms with Crippen LogP contribution in [0.4, 0.5) is 0 Å². The Labute approximate surface area is 115 Å². The number of carbonyl (C=O) groups excluding carboxylic acids is 2. The van der Waals surface area contributed by atoms with Gasteiger partial charge in [0.05, 0.1) is 6.54 Å². The molecule has 0 aromatic rings. The molecule has 2 aliphatic rings. The minimum Gasteiger partial charge on any atom is -0.343 e. The highest BCUT2D eigenvalue weighted by molar-refractivity contribution is 5.94. The summed E-state index contributed by atoms with van der Waals surface area (Å²) < 4.78 is 0. The summed E-state index contributed by atoms with van der Waals surface area (Å²) in [6.07, 6.45) is 6.65. The summed E-state index contributed by atoms with van der Waals surface area (Å²) in [6.45, 7) is 5.36. The van der Waals surface area contributed by atoms with Gasteiger partial charge >= 0.3 is 0 Å². The van der Waals surface area contributed by atoms with Gasteiger partial charge in [-0.1, -0.05) is 33.1 Å². The molecule has 108 valence electrons. The Hall–Kier alpha value is -1.06. The first-order valence-corrected chi connectivity index (χ1v) is 7.68. The van der Waals surface area contributed by atoms with Gasteiger partial charge in [-0.25, -0.2) is 0 Å². The monoisotopic (exact) mass is 266 g/mol. The number of amides is 2. The third-order valence-corrected chi connectivity index (χ3v) is 4.38. The zero-order valence-corrected chi connectivity index (χ0v) is 12.2. The second-order valence-corrected chi connectivity index (χ2v) is 6.27. The van der Waals surface area contributed by atoms with Gasteiger partial charge in [-0.3, -0.25) is 9.59 Å². The van der Waals surface area contributed by atoms with Crippen LogP contribution in [0.5, 0.6) is 0 Å². The smallest absolute Gasteiger partial charge is 0.245 e. The van der Waals surface area contributed by atoms with E-state index in [1.807, 2.05) is 6.92 Å². The van der Waals surface area contributed by atoms with Gasteiger partial charge in [-0.15, -0.1) is 0 Å². The van der Waals surface area contributed by atoms with Crippen molar-refractivity contribution in [2.24, 2.45) is 11.8 Å². The van der Waals surface area contributed by atoms with Gasteiger partial charge in [0.15, 0.2) is 0 Å². The fraction of sp³-hybridized carbons (Fsp3) is 0.867. The summed E-state index contributed by atoms with van der Waals surface area (Å²) in [5.74, 6) is 1.47. The number of nitrogens with one attached hydrogen (secondary N) is 1. The molecule has 1 N–H and O–H groups in total. The molecule has 3 atom stereocenters. The molecule has 0 radical (unpaired) electrons. The van der Waals surface area contributed by atoms with Crippen LogP contribution in [-0.2, 0) is 9.59 Å². The van der Waals surface area contributed by atoms with Crippen molar-refractivity contribution < 1.29 is 9.59 Å². The molecule has 0 bridgehead atoms. The summed E-state index contributed by atoms with van der Waals surface area (Å²) in [5, 5.41) is 2.81. The molecule has 4 heteroatoms. The van der Waals surface area contributed by atoms with Gasteiger partial charge in [0.1, 0.15) is 6.04 Å². The van der Waals surface area contributed by atoms with Crippen molar-refractivity contribution in [1.82, 2.24) is 10.2 Å². The molecule has 0 aromatic carbocycles. The normalized spacial score (nSPS) is 32.3. The fourth-order valence-electron chi connectivity index (χ4n) is 3.45. The quantitative estimate of drug-likeness (QED) is 0.845. The highest BCUT2D eigenvalue weighted by Crippen LogP contribution is 2.29. The lowest BCUT2D eigenvalue weighted by molar-refractivity contribution is -0.145. The highest BCUT2D eigenvalue weighted by atomic mass is 16.2. The van der Waals surface area contributed by atoms with Crippen LogP contribution in [0.15, 0.2) is 0 Å². The van der Waals surface area contributed by atoms with Crippen molar-refractivity contribution in [2.45, 2.75) is 58.4 Å². The van der Waals surface area contributed by atoms with Crippen LogP contribution in [0.3, 0.4) is 0 Å². The maximum absolute atomic E-state index is 12.3. The molecule has 2 amide bonds. The zero-order valence-electron chi connectivity index (χ0n) is 12.2. The average molecular weight is 266 g/mol. The maximum Gasteiger partial charge on any atom is 0.245 e. The molecule has 2 rings (SSSR count). The van der Waals surface area contributed by atoms with Crippen molar-refractivity contribution in [1.29, 1.82) is 0 Å². The van der Waals surface area contributed by atoms with Crippen molar-refractivity contribution in [3.8, 4) is 0 Å². The lowest BCUT2D eigenvalue weighted by Crippen LogP contribution is -2.58. The number of nitrogens with zero attached hydrogens (tertiary/aromatic N) is 1. The third kappa shape index (κ3) is 3.71. The predicted molar refractivity (Wildman–Crippen MR) is 74.5 cm³/mol. The zero-order chi connectivity index (χ0) is 13.8. The van der Waals surface area contributed by atoms with Gasteiger partial charge in [0, 0.05) is 6.54 Å². The minimum absolute atomic E-state index is 0.00177. The molecular weight excluding hydrogens is 240 g/mol. The van der Waals surface area contributed by atoms with Crippen LogP contribution in [0.2, 0.25) is 0 Å². The molecule has 1 saturated carbocycles. The van der Waals surface area contributed by atoms with Crippen molar-refractivity contribution in [3.63, 3.8) is 0 Å². The Morgan fingerprint density at radius 3 is 2.79 bits per heavy atom. The summed E-state index contributed by atoms with van der Waals surface area (Å²) in [5.41, 5.74) is 0. The Kier molecular flexibility index (Phi) is 4.83. The second-order valence-electron chi connectivity index (χ2n) is 6.27. The molecule has 4 nitrogen and oxygen atoms in total. The van der Waals surface area contributed by atoms with Gasteiger partial charge in [-0.2, -0.15) is 0 Å². The second kappa shape index (κ2) is 6.40. The molecule has 1 aliphatic carbocycles. The van der Waals surface area contributed by atoms with E-state index in [0.29, 0.717) is 5.92 Å². The molecule has 19 heavy (non-hydrogen) atoms. The number of piperazine rings is 1. The maximum atomic E-state index is 12.3. The van der Waals surface area contributed by atoms with Crippen molar-refractivity contribution in [2.75, 3.05) is 13.1 Å². The van der Waals surface area contributed by atoms with Crippen LogP contribution in [0.25, 0.3) is 0 Å². The van der Waals surface area contributed by atoms with E-state index in [-0.39, 0.29) is 24.4 Å². The summed E-state index contributed by atoms with van der Waals surface area (Å²) in [7, 11) is 0. The first kappa shape index (κ1) is 14.4. The highest BCUT2D eigenvalue weighted by Gasteiger charge is 2.33. The van der Waals surface area contributed by atoms with E-state index in [4.69, 9.17) is 0 Å². The molecule has 1 saturated heterocycles. The number of rotatable bonds is 4. The fourth-order valence-corrected chi connectivity index (χ4v) is 3.45. The number of carbonyl (C=O) groups is 2. The predicted octanol–water partition coefficient (Wildman–Crippen LogP) is 1.94. The minimum atomic E-state index is -0.285. The van der Waals surface area contributed by atoms with Crippen molar-refractivity contribution >= 4 is 11.8 Å². The number of hydrogen-bond acceptors (Lipinski definition) is 2. The third-order valence-electron chi connectivity index (χ3n) is 4.38. The summed E-state index contributed by atoms with van der Waals surface area (Å²) >= 11 is 0. The van der Waals surface area contributed by atoms with Gasteiger partial charge < -0.3 is 10.2 Å². The van der Waals surface area contributed by atoms with Gasteiger partial charge in [0.25, 0.3) is 0 Å². The van der Waals surface area contributed by atoms with E-state index in [9.17, 15) is 9.59 Å². The lowest BCUT2D eigenvalue weighted by Gasteiger charge is -2.36. The summed E-state index contributed by atoms with van der Waals surface area (Å²) in [4.78, 5) is 25.8. The van der Waals surface area contributed by atoms with E-state index < -0.39 is 0 Å². The van der Waals surface area contributed by atoms with Crippen LogP contribution < -0.4 is 5.32 Å². The van der Waals surface area contributed by atoms with E-state index in [0.717, 1.165) is 25.3 Å². The lowest BCUT2D eigenvalue weighted by atomic mass is 9.82. The first-order valence-electron chi connectivity index (χ1n) is 7.68. The first-order chi connectivity index (χ1) is 9.10. The number of hydrogen-bond donors (Lipinski definition) is 1. The molecule has 2 fully saturated rings. The Bertz CT molecular complexity index is 343. The Morgan fingerprint density at radius 1 is 1.32 bits per heavy atom. The van der Waals surface area contributed by atoms with E-state index >= 15 is 0 Å². The topological polar surface area (TPSA) is 49.4 Å². The molecule has 0 aromatic heterocycles. The van der Waals surface area contributed by atoms with E-state index in [2.05, 4.69) is 12.2 Å². The average Bonchev–Trinajstić information content (AvgIpc) is 2.35.